The first kappa shape index (κ1) is 20.9. The number of ether oxygens (including phenoxy) is 3. The number of rotatable bonds is 9. The molecule has 0 unspecified atom stereocenters. The van der Waals surface area contributed by atoms with Gasteiger partial charge in [-0.05, 0) is 42.8 Å². The normalized spacial score (nSPS) is 10.4. The first-order chi connectivity index (χ1) is 13.0. The van der Waals surface area contributed by atoms with Crippen molar-refractivity contribution in [2.75, 3.05) is 45.8 Å². The van der Waals surface area contributed by atoms with E-state index in [0.29, 0.717) is 48.6 Å². The van der Waals surface area contributed by atoms with Crippen LogP contribution >= 0.6 is 11.6 Å². The summed E-state index contributed by atoms with van der Waals surface area (Å²) >= 11 is 5.92. The molecular weight excluding hydrogens is 368 g/mol. The molecule has 0 aromatic heterocycles. The lowest BCUT2D eigenvalue weighted by Crippen LogP contribution is -2.34. The zero-order chi connectivity index (χ0) is 19.6. The minimum atomic E-state index is -0.245. The number of benzene rings is 2. The van der Waals surface area contributed by atoms with Gasteiger partial charge in [0.1, 0.15) is 24.7 Å². The van der Waals surface area contributed by atoms with Gasteiger partial charge in [0.05, 0.1) is 18.8 Å². The average Bonchev–Trinajstić information content (AvgIpc) is 2.64. The summed E-state index contributed by atoms with van der Waals surface area (Å²) in [7, 11) is 3.32. The molecule has 0 aliphatic heterocycles. The Morgan fingerprint density at radius 1 is 1.11 bits per heavy atom. The summed E-state index contributed by atoms with van der Waals surface area (Å²) in [6.45, 7) is 3.63. The maximum absolute atomic E-state index is 12.4. The van der Waals surface area contributed by atoms with Gasteiger partial charge in [-0.25, -0.2) is 4.79 Å². The third-order valence-electron chi connectivity index (χ3n) is 3.76. The molecule has 0 heterocycles. The molecule has 0 spiro atoms. The first-order valence-electron chi connectivity index (χ1n) is 8.62. The quantitative estimate of drug-likeness (QED) is 0.649. The highest BCUT2D eigenvalue weighted by Crippen LogP contribution is 2.26. The monoisotopic (exact) mass is 392 g/mol. The number of amides is 2. The lowest BCUT2D eigenvalue weighted by atomic mass is 10.2. The molecule has 0 saturated carbocycles. The number of nitrogens with zero attached hydrogens (tertiary/aromatic N) is 1. The van der Waals surface area contributed by atoms with Crippen molar-refractivity contribution in [3.63, 3.8) is 0 Å². The van der Waals surface area contributed by atoms with Gasteiger partial charge in [-0.3, -0.25) is 0 Å². The number of methoxy groups -OCH3 is 1. The van der Waals surface area contributed by atoms with E-state index in [1.54, 1.807) is 31.2 Å². The highest BCUT2D eigenvalue weighted by atomic mass is 35.5. The number of carbonyl (C=O) groups excluding carboxylic acids is 1. The fourth-order valence-corrected chi connectivity index (χ4v) is 2.44. The van der Waals surface area contributed by atoms with Crippen LogP contribution in [0.5, 0.6) is 11.5 Å². The third kappa shape index (κ3) is 7.00. The molecule has 2 amide bonds. The number of halogens is 1. The van der Waals surface area contributed by atoms with Crippen molar-refractivity contribution < 1.29 is 19.0 Å². The predicted octanol–water partition coefficient (Wildman–Crippen LogP) is 4.22. The molecule has 0 atom stereocenters. The van der Waals surface area contributed by atoms with Gasteiger partial charge in [0, 0.05) is 19.2 Å². The van der Waals surface area contributed by atoms with Gasteiger partial charge < -0.3 is 24.4 Å². The van der Waals surface area contributed by atoms with Gasteiger partial charge in [0.25, 0.3) is 0 Å². The maximum atomic E-state index is 12.4. The van der Waals surface area contributed by atoms with E-state index in [4.69, 9.17) is 25.8 Å². The van der Waals surface area contributed by atoms with E-state index >= 15 is 0 Å². The van der Waals surface area contributed by atoms with Crippen molar-refractivity contribution in [1.82, 2.24) is 4.90 Å². The van der Waals surface area contributed by atoms with Crippen LogP contribution in [0.25, 0.3) is 0 Å². The second-order valence-electron chi connectivity index (χ2n) is 6.00. The molecule has 0 radical (unpaired) electrons. The number of hydrogen-bond acceptors (Lipinski definition) is 4. The van der Waals surface area contributed by atoms with E-state index in [1.807, 2.05) is 37.3 Å². The molecule has 0 fully saturated rings. The fourth-order valence-electron chi connectivity index (χ4n) is 2.26. The number of carbonyl (C=O) groups is 1. The van der Waals surface area contributed by atoms with Gasteiger partial charge in [0.15, 0.2) is 0 Å². The Morgan fingerprint density at radius 3 is 2.67 bits per heavy atom. The van der Waals surface area contributed by atoms with Crippen molar-refractivity contribution in [3.8, 4) is 11.5 Å². The van der Waals surface area contributed by atoms with Crippen molar-refractivity contribution >= 4 is 23.3 Å². The Bertz CT molecular complexity index is 755. The number of aryl methyl sites for hydroxylation is 1. The van der Waals surface area contributed by atoms with E-state index in [0.717, 1.165) is 5.56 Å². The number of urea groups is 1. The highest BCUT2D eigenvalue weighted by molar-refractivity contribution is 6.30. The highest BCUT2D eigenvalue weighted by Gasteiger charge is 2.12. The van der Waals surface area contributed by atoms with Crippen LogP contribution in [0.3, 0.4) is 0 Å². The van der Waals surface area contributed by atoms with Crippen LogP contribution in [0, 0.1) is 6.92 Å². The van der Waals surface area contributed by atoms with Crippen LogP contribution in [-0.2, 0) is 4.74 Å². The van der Waals surface area contributed by atoms with Crippen LogP contribution in [0.15, 0.2) is 42.5 Å². The largest absolute Gasteiger partial charge is 0.492 e. The molecule has 2 aromatic rings. The van der Waals surface area contributed by atoms with E-state index in [-0.39, 0.29) is 6.03 Å². The Balaban J connectivity index is 1.87. The lowest BCUT2D eigenvalue weighted by Gasteiger charge is -2.20. The molecule has 2 aromatic carbocycles. The number of likely N-dealkylation sites (N-methyl/N-ethyl adjacent to an activating group) is 1. The Hall–Kier alpha value is -2.44. The van der Waals surface area contributed by atoms with E-state index in [2.05, 4.69) is 5.32 Å². The maximum Gasteiger partial charge on any atom is 0.321 e. The molecule has 0 bridgehead atoms. The summed E-state index contributed by atoms with van der Waals surface area (Å²) in [6.07, 6.45) is 0. The third-order valence-corrected chi connectivity index (χ3v) is 4.00. The first-order valence-corrected chi connectivity index (χ1v) is 9.00. The Labute approximate surface area is 165 Å². The summed E-state index contributed by atoms with van der Waals surface area (Å²) in [5.74, 6) is 1.28. The zero-order valence-electron chi connectivity index (χ0n) is 15.8. The van der Waals surface area contributed by atoms with E-state index in [9.17, 15) is 4.79 Å². The molecule has 1 N–H and O–H groups in total. The lowest BCUT2D eigenvalue weighted by molar-refractivity contribution is 0.146. The molecule has 2 rings (SSSR count). The average molecular weight is 393 g/mol. The summed E-state index contributed by atoms with van der Waals surface area (Å²) in [6, 6.07) is 12.5. The summed E-state index contributed by atoms with van der Waals surface area (Å²) < 4.78 is 16.3. The van der Waals surface area contributed by atoms with E-state index in [1.165, 1.54) is 0 Å². The summed E-state index contributed by atoms with van der Waals surface area (Å²) in [4.78, 5) is 14.0. The topological polar surface area (TPSA) is 60.0 Å². The van der Waals surface area contributed by atoms with Crippen LogP contribution in [-0.4, -0.2) is 51.5 Å². The number of nitrogens with one attached hydrogen (secondary N) is 1. The summed E-state index contributed by atoms with van der Waals surface area (Å²) in [5, 5.41) is 3.48. The molecule has 0 aliphatic carbocycles. The molecular formula is C20H25ClN2O4. The zero-order valence-corrected chi connectivity index (χ0v) is 16.6. The van der Waals surface area contributed by atoms with Crippen LogP contribution in [0.4, 0.5) is 10.5 Å². The molecule has 146 valence electrons. The standard InChI is InChI=1S/C20H25ClN2O4/c1-15-7-8-18(19(13-15)27-12-11-25-3)22-20(24)23(2)9-10-26-17-6-4-5-16(21)14-17/h4-8,13-14H,9-12H2,1-3H3,(H,22,24). The van der Waals surface area contributed by atoms with Crippen LogP contribution in [0.1, 0.15) is 5.56 Å². The van der Waals surface area contributed by atoms with Gasteiger partial charge in [-0.15, -0.1) is 0 Å². The molecule has 6 nitrogen and oxygen atoms in total. The SMILES string of the molecule is COCCOc1cc(C)ccc1NC(=O)N(C)CCOc1cccc(Cl)c1. The number of anilines is 1. The van der Waals surface area contributed by atoms with Gasteiger partial charge in [-0.2, -0.15) is 0 Å². The van der Waals surface area contributed by atoms with Gasteiger partial charge >= 0.3 is 6.03 Å². The second-order valence-corrected chi connectivity index (χ2v) is 6.43. The summed E-state index contributed by atoms with van der Waals surface area (Å²) in [5.41, 5.74) is 1.66. The van der Waals surface area contributed by atoms with Crippen LogP contribution < -0.4 is 14.8 Å². The number of hydrogen-bond donors (Lipinski definition) is 1. The van der Waals surface area contributed by atoms with Crippen LogP contribution in [0.2, 0.25) is 5.02 Å². The molecule has 0 aliphatic rings. The Morgan fingerprint density at radius 2 is 1.93 bits per heavy atom. The minimum Gasteiger partial charge on any atom is -0.492 e. The van der Waals surface area contributed by atoms with Crippen molar-refractivity contribution in [2.24, 2.45) is 0 Å². The van der Waals surface area contributed by atoms with E-state index < -0.39 is 0 Å². The van der Waals surface area contributed by atoms with Crippen molar-refractivity contribution in [1.29, 1.82) is 0 Å². The second kappa shape index (κ2) is 10.6. The molecule has 0 saturated heterocycles. The van der Waals surface area contributed by atoms with Crippen molar-refractivity contribution in [3.05, 3.63) is 53.1 Å². The van der Waals surface area contributed by atoms with Crippen molar-refractivity contribution in [2.45, 2.75) is 6.92 Å². The Kier molecular flexibility index (Phi) is 8.23. The van der Waals surface area contributed by atoms with Gasteiger partial charge in [-0.1, -0.05) is 23.7 Å². The predicted molar refractivity (Wildman–Crippen MR) is 107 cm³/mol. The molecule has 27 heavy (non-hydrogen) atoms. The van der Waals surface area contributed by atoms with Gasteiger partial charge in [0.2, 0.25) is 0 Å². The smallest absolute Gasteiger partial charge is 0.321 e. The molecule has 7 heteroatoms. The minimum absolute atomic E-state index is 0.245. The fraction of sp³-hybridized carbons (Fsp3) is 0.350.